The molecule has 0 amide bonds. The normalized spacial score (nSPS) is 22.9. The Balaban J connectivity index is 1.81. The molecule has 0 aliphatic carbocycles. The lowest BCUT2D eigenvalue weighted by Crippen LogP contribution is -2.48. The van der Waals surface area contributed by atoms with Gasteiger partial charge in [0.2, 0.25) is 0 Å². The van der Waals surface area contributed by atoms with Gasteiger partial charge in [0.1, 0.15) is 6.10 Å². The Hall–Kier alpha value is -1.82. The van der Waals surface area contributed by atoms with E-state index < -0.39 is 0 Å². The number of ether oxygens (including phenoxy) is 1. The van der Waals surface area contributed by atoms with Crippen molar-refractivity contribution in [1.82, 2.24) is 15.5 Å². The van der Waals surface area contributed by atoms with Crippen LogP contribution in [0, 0.1) is 11.7 Å². The van der Waals surface area contributed by atoms with Crippen molar-refractivity contribution in [3.63, 3.8) is 0 Å². The number of halogens is 1. The largest absolute Gasteiger partial charge is 0.486 e. The third-order valence-corrected chi connectivity index (χ3v) is 4.64. The molecule has 2 rings (SSSR count). The average Bonchev–Trinajstić information content (AvgIpc) is 2.94. The summed E-state index contributed by atoms with van der Waals surface area (Å²) in [5.41, 5.74) is 0. The molecule has 0 aromatic heterocycles. The molecule has 140 valence electrons. The van der Waals surface area contributed by atoms with E-state index in [2.05, 4.69) is 41.3 Å². The predicted octanol–water partition coefficient (Wildman–Crippen LogP) is 2.49. The van der Waals surface area contributed by atoms with E-state index in [1.165, 1.54) is 6.07 Å². The Morgan fingerprint density at radius 3 is 2.64 bits per heavy atom. The monoisotopic (exact) mass is 350 g/mol. The van der Waals surface area contributed by atoms with Crippen molar-refractivity contribution in [2.24, 2.45) is 10.9 Å². The Morgan fingerprint density at radius 2 is 2.04 bits per heavy atom. The smallest absolute Gasteiger partial charge is 0.191 e. The van der Waals surface area contributed by atoms with Gasteiger partial charge >= 0.3 is 0 Å². The number of nitrogens with zero attached hydrogens (tertiary/aromatic N) is 2. The average molecular weight is 350 g/mol. The van der Waals surface area contributed by atoms with Crippen LogP contribution in [-0.2, 0) is 0 Å². The van der Waals surface area contributed by atoms with Gasteiger partial charge in [0, 0.05) is 32.2 Å². The predicted molar refractivity (Wildman–Crippen MR) is 101 cm³/mol. The van der Waals surface area contributed by atoms with E-state index in [0.717, 1.165) is 19.0 Å². The van der Waals surface area contributed by atoms with Gasteiger partial charge in [-0.2, -0.15) is 0 Å². The number of hydrogen-bond acceptors (Lipinski definition) is 3. The lowest BCUT2D eigenvalue weighted by molar-refractivity contribution is 0.213. The number of aliphatic imine (C=N–C) groups is 1. The number of benzene rings is 1. The van der Waals surface area contributed by atoms with E-state index in [4.69, 9.17) is 4.74 Å². The first-order valence-corrected chi connectivity index (χ1v) is 9.03. The lowest BCUT2D eigenvalue weighted by Gasteiger charge is -2.23. The summed E-state index contributed by atoms with van der Waals surface area (Å²) in [6.45, 7) is 11.3. The van der Waals surface area contributed by atoms with Crippen molar-refractivity contribution in [3.05, 3.63) is 30.1 Å². The maximum Gasteiger partial charge on any atom is 0.191 e. The molecule has 0 spiro atoms. The first-order valence-electron chi connectivity index (χ1n) is 9.03. The highest BCUT2D eigenvalue weighted by molar-refractivity contribution is 5.80. The summed E-state index contributed by atoms with van der Waals surface area (Å²) >= 11 is 0. The Bertz CT molecular complexity index is 578. The second-order valence-electron chi connectivity index (χ2n) is 7.09. The molecular weight excluding hydrogens is 319 g/mol. The Morgan fingerprint density at radius 1 is 1.32 bits per heavy atom. The van der Waals surface area contributed by atoms with Crippen LogP contribution in [0.1, 0.15) is 27.7 Å². The number of nitrogens with one attached hydrogen (secondary N) is 2. The molecule has 1 aliphatic heterocycles. The van der Waals surface area contributed by atoms with Crippen molar-refractivity contribution in [1.29, 1.82) is 0 Å². The molecular formula is C19H31FN4O. The van der Waals surface area contributed by atoms with Crippen LogP contribution in [0.3, 0.4) is 0 Å². The van der Waals surface area contributed by atoms with Crippen LogP contribution in [0.4, 0.5) is 4.39 Å². The highest BCUT2D eigenvalue weighted by Crippen LogP contribution is 2.19. The topological polar surface area (TPSA) is 48.9 Å². The molecule has 2 N–H and O–H groups in total. The zero-order valence-electron chi connectivity index (χ0n) is 15.9. The maximum absolute atomic E-state index is 13.6. The fraction of sp³-hybridized carbons (Fsp3) is 0.632. The number of guanidine groups is 1. The Kier molecular flexibility index (Phi) is 7.05. The van der Waals surface area contributed by atoms with E-state index in [9.17, 15) is 4.39 Å². The summed E-state index contributed by atoms with van der Waals surface area (Å²) in [5.74, 6) is 1.25. The van der Waals surface area contributed by atoms with Gasteiger partial charge in [-0.15, -0.1) is 0 Å². The summed E-state index contributed by atoms with van der Waals surface area (Å²) in [7, 11) is 1.76. The molecule has 1 saturated heterocycles. The van der Waals surface area contributed by atoms with E-state index in [0.29, 0.717) is 24.5 Å². The van der Waals surface area contributed by atoms with E-state index in [1.54, 1.807) is 25.2 Å². The van der Waals surface area contributed by atoms with Gasteiger partial charge in [-0.3, -0.25) is 9.89 Å². The van der Waals surface area contributed by atoms with Crippen molar-refractivity contribution in [2.75, 3.05) is 26.7 Å². The van der Waals surface area contributed by atoms with Gasteiger partial charge in [-0.1, -0.05) is 19.1 Å². The van der Waals surface area contributed by atoms with Crippen LogP contribution in [0.5, 0.6) is 5.75 Å². The van der Waals surface area contributed by atoms with Gasteiger partial charge in [0.05, 0.1) is 6.54 Å². The minimum atomic E-state index is -0.342. The molecule has 5 nitrogen and oxygen atoms in total. The molecule has 1 aromatic carbocycles. The summed E-state index contributed by atoms with van der Waals surface area (Å²) in [5, 5.41) is 6.77. The van der Waals surface area contributed by atoms with Gasteiger partial charge in [-0.25, -0.2) is 4.39 Å². The molecule has 1 heterocycles. The van der Waals surface area contributed by atoms with Crippen molar-refractivity contribution >= 4 is 5.96 Å². The fourth-order valence-corrected chi connectivity index (χ4v) is 3.02. The first-order chi connectivity index (χ1) is 11.9. The molecule has 6 heteroatoms. The quantitative estimate of drug-likeness (QED) is 0.611. The molecule has 0 radical (unpaired) electrons. The first kappa shape index (κ1) is 19.5. The van der Waals surface area contributed by atoms with Crippen molar-refractivity contribution in [3.8, 4) is 5.75 Å². The molecule has 1 fully saturated rings. The molecule has 0 bridgehead atoms. The van der Waals surface area contributed by atoms with Crippen molar-refractivity contribution in [2.45, 2.75) is 45.9 Å². The number of hydrogen-bond donors (Lipinski definition) is 2. The Labute approximate surface area is 150 Å². The van der Waals surface area contributed by atoms with Gasteiger partial charge in [0.15, 0.2) is 17.5 Å². The standard InChI is InChI=1S/C19H31FN4O/c1-13(2)24-11-14(3)17(12-24)23-19(21-5)22-10-15(4)25-18-9-7-6-8-16(18)20/h6-9,13-15,17H,10-12H2,1-5H3,(H2,21,22,23). The zero-order chi connectivity index (χ0) is 18.4. The van der Waals surface area contributed by atoms with E-state index in [1.807, 2.05) is 6.92 Å². The maximum atomic E-state index is 13.6. The summed E-state index contributed by atoms with van der Waals surface area (Å²) in [4.78, 5) is 6.77. The summed E-state index contributed by atoms with van der Waals surface area (Å²) in [6.07, 6.45) is -0.177. The number of likely N-dealkylation sites (tertiary alicyclic amines) is 1. The third-order valence-electron chi connectivity index (χ3n) is 4.64. The fourth-order valence-electron chi connectivity index (χ4n) is 3.02. The number of rotatable bonds is 6. The summed E-state index contributed by atoms with van der Waals surface area (Å²) < 4.78 is 19.3. The van der Waals surface area contributed by atoms with Crippen molar-refractivity contribution < 1.29 is 9.13 Å². The lowest BCUT2D eigenvalue weighted by atomic mass is 10.1. The van der Waals surface area contributed by atoms with E-state index in [-0.39, 0.29) is 17.7 Å². The SMILES string of the molecule is CN=C(NCC(C)Oc1ccccc1F)NC1CN(C(C)C)CC1C. The zero-order valence-corrected chi connectivity index (χ0v) is 15.9. The van der Waals surface area contributed by atoms with Crippen LogP contribution < -0.4 is 15.4 Å². The van der Waals surface area contributed by atoms with Gasteiger partial charge in [-0.05, 0) is 38.8 Å². The van der Waals surface area contributed by atoms with Gasteiger partial charge < -0.3 is 15.4 Å². The number of para-hydroxylation sites is 1. The third kappa shape index (κ3) is 5.59. The molecule has 1 aromatic rings. The van der Waals surface area contributed by atoms with E-state index >= 15 is 0 Å². The minimum Gasteiger partial charge on any atom is -0.486 e. The molecule has 0 saturated carbocycles. The van der Waals surface area contributed by atoms with Crippen LogP contribution in [0.2, 0.25) is 0 Å². The molecule has 3 atom stereocenters. The van der Waals surface area contributed by atoms with Crippen LogP contribution in [0.25, 0.3) is 0 Å². The second kappa shape index (κ2) is 9.04. The second-order valence-corrected chi connectivity index (χ2v) is 7.09. The van der Waals surface area contributed by atoms with Gasteiger partial charge in [0.25, 0.3) is 0 Å². The highest BCUT2D eigenvalue weighted by Gasteiger charge is 2.31. The van der Waals surface area contributed by atoms with Crippen LogP contribution in [-0.4, -0.2) is 55.7 Å². The molecule has 25 heavy (non-hydrogen) atoms. The highest BCUT2D eigenvalue weighted by atomic mass is 19.1. The summed E-state index contributed by atoms with van der Waals surface area (Å²) in [6, 6.07) is 7.38. The molecule has 3 unspecified atom stereocenters. The minimum absolute atomic E-state index is 0.177. The molecule has 1 aliphatic rings. The van der Waals surface area contributed by atoms with Crippen LogP contribution >= 0.6 is 0 Å². The van der Waals surface area contributed by atoms with Crippen LogP contribution in [0.15, 0.2) is 29.3 Å².